The second-order valence-corrected chi connectivity index (χ2v) is 4.29. The molecule has 1 amide bonds. The average molecular weight is 258 g/mol. The number of nitrogens with zero attached hydrogens (tertiary/aromatic N) is 1. The fourth-order valence-electron chi connectivity index (χ4n) is 1.42. The Morgan fingerprint density at radius 1 is 1.59 bits per heavy atom. The molecule has 0 radical (unpaired) electrons. The van der Waals surface area contributed by atoms with Crippen molar-refractivity contribution in [1.82, 2.24) is 4.90 Å². The van der Waals surface area contributed by atoms with Crippen molar-refractivity contribution in [2.24, 2.45) is 0 Å². The molecule has 1 aromatic carbocycles. The zero-order valence-corrected chi connectivity index (χ0v) is 10.9. The largest absolute Gasteiger partial charge is 0.508 e. The molecule has 0 saturated heterocycles. The van der Waals surface area contributed by atoms with Gasteiger partial charge in [-0.1, -0.05) is 11.6 Å². The highest BCUT2D eigenvalue weighted by Crippen LogP contribution is 2.22. The first-order valence-electron chi connectivity index (χ1n) is 5.22. The summed E-state index contributed by atoms with van der Waals surface area (Å²) in [6.45, 7) is 2.32. The number of likely N-dealkylation sites (N-methyl/N-ethyl adjacent to an activating group) is 1. The number of phenols is 1. The molecule has 4 nitrogen and oxygen atoms in total. The minimum absolute atomic E-state index is 0.0190. The van der Waals surface area contributed by atoms with Crippen molar-refractivity contribution in [3.05, 3.63) is 28.8 Å². The summed E-state index contributed by atoms with van der Waals surface area (Å²) in [6, 6.07) is 4.24. The molecule has 0 aliphatic carbocycles. The van der Waals surface area contributed by atoms with E-state index in [0.29, 0.717) is 11.6 Å². The molecule has 17 heavy (non-hydrogen) atoms. The van der Waals surface area contributed by atoms with Gasteiger partial charge in [-0.2, -0.15) is 0 Å². The Kier molecular flexibility index (Phi) is 4.78. The minimum atomic E-state index is -0.240. The summed E-state index contributed by atoms with van der Waals surface area (Å²) in [4.78, 5) is 13.6. The average Bonchev–Trinajstić information content (AvgIpc) is 2.30. The molecule has 0 aliphatic heterocycles. The molecule has 0 heterocycles. The van der Waals surface area contributed by atoms with Crippen LogP contribution in [0.4, 0.5) is 0 Å². The van der Waals surface area contributed by atoms with Gasteiger partial charge in [-0.3, -0.25) is 4.79 Å². The Morgan fingerprint density at radius 3 is 2.82 bits per heavy atom. The summed E-state index contributed by atoms with van der Waals surface area (Å²) >= 11 is 5.93. The molecule has 0 aliphatic rings. The van der Waals surface area contributed by atoms with Crippen molar-refractivity contribution in [2.75, 3.05) is 20.8 Å². The van der Waals surface area contributed by atoms with E-state index in [1.807, 2.05) is 6.92 Å². The van der Waals surface area contributed by atoms with Gasteiger partial charge in [-0.05, 0) is 25.1 Å². The maximum absolute atomic E-state index is 12.1. The number of phenolic OH excluding ortho intramolecular Hbond substituents is 1. The van der Waals surface area contributed by atoms with Gasteiger partial charge in [0.2, 0.25) is 0 Å². The highest BCUT2D eigenvalue weighted by Gasteiger charge is 2.20. The highest BCUT2D eigenvalue weighted by molar-refractivity contribution is 6.33. The Balaban J connectivity index is 2.92. The van der Waals surface area contributed by atoms with Crippen LogP contribution in [0.15, 0.2) is 18.2 Å². The second-order valence-electron chi connectivity index (χ2n) is 3.88. The maximum Gasteiger partial charge on any atom is 0.255 e. The van der Waals surface area contributed by atoms with E-state index >= 15 is 0 Å². The van der Waals surface area contributed by atoms with Crippen molar-refractivity contribution in [3.8, 4) is 5.75 Å². The zero-order valence-electron chi connectivity index (χ0n) is 10.1. The van der Waals surface area contributed by atoms with Crippen LogP contribution in [0.25, 0.3) is 0 Å². The third kappa shape index (κ3) is 3.35. The topological polar surface area (TPSA) is 49.8 Å². The lowest BCUT2D eigenvalue weighted by Crippen LogP contribution is -2.37. The fourth-order valence-corrected chi connectivity index (χ4v) is 1.62. The van der Waals surface area contributed by atoms with Crippen LogP contribution < -0.4 is 0 Å². The molecule has 1 N–H and O–H groups in total. The molecule has 94 valence electrons. The van der Waals surface area contributed by atoms with E-state index in [9.17, 15) is 9.90 Å². The number of aromatic hydroxyl groups is 1. The van der Waals surface area contributed by atoms with E-state index in [2.05, 4.69) is 0 Å². The number of ether oxygens (including phenoxy) is 1. The molecular formula is C12H16ClNO3. The molecule has 1 aromatic rings. The molecule has 0 spiro atoms. The lowest BCUT2D eigenvalue weighted by molar-refractivity contribution is 0.0633. The SMILES string of the molecule is COCC(C)N(C)C(=O)c1cc(O)ccc1Cl. The number of benzene rings is 1. The predicted octanol–water partition coefficient (Wildman–Crippen LogP) is 2.15. The molecule has 0 bridgehead atoms. The summed E-state index contributed by atoms with van der Waals surface area (Å²) in [5.41, 5.74) is 0.289. The molecule has 5 heteroatoms. The van der Waals surface area contributed by atoms with E-state index in [1.165, 1.54) is 23.1 Å². The number of methoxy groups -OCH3 is 1. The molecule has 1 rings (SSSR count). The van der Waals surface area contributed by atoms with Crippen LogP contribution in [0.5, 0.6) is 5.75 Å². The third-order valence-corrected chi connectivity index (χ3v) is 2.90. The van der Waals surface area contributed by atoms with Crippen LogP contribution in [0.2, 0.25) is 5.02 Å². The quantitative estimate of drug-likeness (QED) is 0.899. The Labute approximate surface area is 106 Å². The zero-order chi connectivity index (χ0) is 13.0. The second kappa shape index (κ2) is 5.89. The lowest BCUT2D eigenvalue weighted by atomic mass is 10.1. The van der Waals surface area contributed by atoms with Gasteiger partial charge in [-0.25, -0.2) is 0 Å². The minimum Gasteiger partial charge on any atom is -0.508 e. The van der Waals surface area contributed by atoms with Gasteiger partial charge in [-0.15, -0.1) is 0 Å². The van der Waals surface area contributed by atoms with E-state index in [1.54, 1.807) is 14.2 Å². The third-order valence-electron chi connectivity index (χ3n) is 2.57. The van der Waals surface area contributed by atoms with Gasteiger partial charge < -0.3 is 14.7 Å². The standard InChI is InChI=1S/C12H16ClNO3/c1-8(7-17-3)14(2)12(16)10-6-9(15)4-5-11(10)13/h4-6,8,15H,7H2,1-3H3. The van der Waals surface area contributed by atoms with Gasteiger partial charge in [0.1, 0.15) is 5.75 Å². The lowest BCUT2D eigenvalue weighted by Gasteiger charge is -2.24. The molecule has 0 fully saturated rings. The van der Waals surface area contributed by atoms with Crippen LogP contribution in [0.1, 0.15) is 17.3 Å². The number of carbonyl (C=O) groups excluding carboxylic acids is 1. The fraction of sp³-hybridized carbons (Fsp3) is 0.417. The molecular weight excluding hydrogens is 242 g/mol. The molecule has 1 atom stereocenters. The van der Waals surface area contributed by atoms with Gasteiger partial charge in [0.25, 0.3) is 5.91 Å². The maximum atomic E-state index is 12.1. The van der Waals surface area contributed by atoms with E-state index in [0.717, 1.165) is 0 Å². The number of hydrogen-bond donors (Lipinski definition) is 1. The van der Waals surface area contributed by atoms with Gasteiger partial charge in [0, 0.05) is 14.2 Å². The monoisotopic (exact) mass is 257 g/mol. The Morgan fingerprint density at radius 2 is 2.24 bits per heavy atom. The Hall–Kier alpha value is -1.26. The summed E-state index contributed by atoms with van der Waals surface area (Å²) in [7, 11) is 3.25. The van der Waals surface area contributed by atoms with Crippen LogP contribution in [-0.2, 0) is 4.74 Å². The smallest absolute Gasteiger partial charge is 0.255 e. The van der Waals surface area contributed by atoms with E-state index < -0.39 is 0 Å². The summed E-state index contributed by atoms with van der Waals surface area (Å²) in [5, 5.41) is 9.68. The van der Waals surface area contributed by atoms with Crippen LogP contribution >= 0.6 is 11.6 Å². The molecule has 0 saturated carbocycles. The summed E-state index contributed by atoms with van der Waals surface area (Å²) < 4.78 is 4.99. The predicted molar refractivity (Wildman–Crippen MR) is 66.5 cm³/mol. The number of hydrogen-bond acceptors (Lipinski definition) is 3. The first-order valence-corrected chi connectivity index (χ1v) is 5.59. The first kappa shape index (κ1) is 13.8. The summed E-state index contributed by atoms with van der Waals surface area (Å²) in [5.74, 6) is -0.221. The van der Waals surface area contributed by atoms with Crippen molar-refractivity contribution < 1.29 is 14.6 Å². The number of amides is 1. The Bertz CT molecular complexity index is 409. The van der Waals surface area contributed by atoms with Gasteiger partial charge in [0.05, 0.1) is 23.2 Å². The first-order chi connectivity index (χ1) is 7.97. The number of rotatable bonds is 4. The van der Waals surface area contributed by atoms with Gasteiger partial charge in [0.15, 0.2) is 0 Å². The van der Waals surface area contributed by atoms with E-state index in [-0.39, 0.29) is 23.3 Å². The number of halogens is 1. The van der Waals surface area contributed by atoms with Crippen molar-refractivity contribution in [3.63, 3.8) is 0 Å². The van der Waals surface area contributed by atoms with E-state index in [4.69, 9.17) is 16.3 Å². The van der Waals surface area contributed by atoms with Crippen molar-refractivity contribution >= 4 is 17.5 Å². The highest BCUT2D eigenvalue weighted by atomic mass is 35.5. The number of carbonyl (C=O) groups is 1. The van der Waals surface area contributed by atoms with Gasteiger partial charge >= 0.3 is 0 Å². The normalized spacial score (nSPS) is 12.2. The molecule has 1 unspecified atom stereocenters. The van der Waals surface area contributed by atoms with Crippen molar-refractivity contribution in [2.45, 2.75) is 13.0 Å². The summed E-state index contributed by atoms with van der Waals surface area (Å²) in [6.07, 6.45) is 0. The van der Waals surface area contributed by atoms with Crippen molar-refractivity contribution in [1.29, 1.82) is 0 Å². The van der Waals surface area contributed by atoms with Crippen LogP contribution in [0, 0.1) is 0 Å². The van der Waals surface area contributed by atoms with Crippen LogP contribution in [0.3, 0.4) is 0 Å². The molecule has 0 aromatic heterocycles. The van der Waals surface area contributed by atoms with Crippen LogP contribution in [-0.4, -0.2) is 42.7 Å².